The van der Waals surface area contributed by atoms with Gasteiger partial charge < -0.3 is 4.90 Å². The highest BCUT2D eigenvalue weighted by molar-refractivity contribution is 7.92. The van der Waals surface area contributed by atoms with Crippen molar-refractivity contribution in [1.29, 1.82) is 0 Å². The molecule has 0 aromatic carbocycles. The van der Waals surface area contributed by atoms with E-state index in [1.54, 1.807) is 12.1 Å². The summed E-state index contributed by atoms with van der Waals surface area (Å²) in [6.45, 7) is -0.514. The summed E-state index contributed by atoms with van der Waals surface area (Å²) in [6, 6.07) is 4.67. The third-order valence-electron chi connectivity index (χ3n) is 4.58. The molecule has 0 unspecified atom stereocenters. The molecule has 0 bridgehead atoms. The maximum Gasteiger partial charge on any atom is 0.267 e. The lowest BCUT2D eigenvalue weighted by molar-refractivity contribution is -0.135. The predicted molar refractivity (Wildman–Crippen MR) is 78.7 cm³/mol. The number of pyridine rings is 1. The SMILES string of the molecule is O=C([C@@H]1CC[C@@H](S(=O)(=O)c2ccccn2)C1)N1CCC(F)(F)C1. The monoisotopic (exact) mass is 344 g/mol. The molecule has 3 rings (SSSR count). The van der Waals surface area contributed by atoms with Gasteiger partial charge in [-0.05, 0) is 31.4 Å². The number of carbonyl (C=O) groups excluding carboxylic acids is 1. The van der Waals surface area contributed by atoms with Crippen LogP contribution >= 0.6 is 0 Å². The van der Waals surface area contributed by atoms with Gasteiger partial charge in [-0.2, -0.15) is 0 Å². The van der Waals surface area contributed by atoms with E-state index in [9.17, 15) is 22.0 Å². The third kappa shape index (κ3) is 3.22. The summed E-state index contributed by atoms with van der Waals surface area (Å²) in [6.07, 6.45) is 2.05. The summed E-state index contributed by atoms with van der Waals surface area (Å²) in [5, 5.41) is -0.666. The molecule has 2 fully saturated rings. The molecule has 8 heteroatoms. The summed E-state index contributed by atoms with van der Waals surface area (Å²) in [7, 11) is -3.58. The van der Waals surface area contributed by atoms with Crippen LogP contribution < -0.4 is 0 Å². The highest BCUT2D eigenvalue weighted by atomic mass is 32.2. The molecule has 0 spiro atoms. The van der Waals surface area contributed by atoms with Gasteiger partial charge >= 0.3 is 0 Å². The van der Waals surface area contributed by atoms with E-state index in [4.69, 9.17) is 0 Å². The van der Waals surface area contributed by atoms with Crippen molar-refractivity contribution in [3.63, 3.8) is 0 Å². The molecule has 0 N–H and O–H groups in total. The van der Waals surface area contributed by atoms with E-state index in [0.717, 1.165) is 0 Å². The Balaban J connectivity index is 1.68. The molecular formula is C15H18F2N2O3S. The van der Waals surface area contributed by atoms with Gasteiger partial charge in [-0.3, -0.25) is 4.79 Å². The van der Waals surface area contributed by atoms with Crippen molar-refractivity contribution in [2.75, 3.05) is 13.1 Å². The van der Waals surface area contributed by atoms with Gasteiger partial charge in [0.1, 0.15) is 0 Å². The van der Waals surface area contributed by atoms with Crippen LogP contribution in [0.3, 0.4) is 0 Å². The number of carbonyl (C=O) groups is 1. The van der Waals surface area contributed by atoms with E-state index < -0.39 is 33.5 Å². The van der Waals surface area contributed by atoms with Gasteiger partial charge in [0.15, 0.2) is 14.9 Å². The van der Waals surface area contributed by atoms with Crippen molar-refractivity contribution in [3.05, 3.63) is 24.4 Å². The molecule has 1 saturated heterocycles. The molecule has 5 nitrogen and oxygen atoms in total. The molecule has 126 valence electrons. The molecular weight excluding hydrogens is 326 g/mol. The fraction of sp³-hybridized carbons (Fsp3) is 0.600. The summed E-state index contributed by atoms with van der Waals surface area (Å²) in [5.74, 6) is -3.67. The fourth-order valence-electron chi connectivity index (χ4n) is 3.31. The van der Waals surface area contributed by atoms with Crippen LogP contribution in [-0.2, 0) is 14.6 Å². The smallest absolute Gasteiger partial charge is 0.267 e. The zero-order valence-electron chi connectivity index (χ0n) is 12.5. The highest BCUT2D eigenvalue weighted by Gasteiger charge is 2.45. The second kappa shape index (κ2) is 5.81. The molecule has 1 saturated carbocycles. The number of rotatable bonds is 3. The van der Waals surface area contributed by atoms with Crippen LogP contribution in [0.2, 0.25) is 0 Å². The Morgan fingerprint density at radius 1 is 1.30 bits per heavy atom. The summed E-state index contributed by atoms with van der Waals surface area (Å²) in [5.41, 5.74) is 0. The van der Waals surface area contributed by atoms with Crippen molar-refractivity contribution >= 4 is 15.7 Å². The molecule has 2 aliphatic rings. The minimum Gasteiger partial charge on any atom is -0.336 e. The largest absolute Gasteiger partial charge is 0.336 e. The first-order valence-corrected chi connectivity index (χ1v) is 9.16. The van der Waals surface area contributed by atoms with E-state index in [1.165, 1.54) is 17.2 Å². The molecule has 0 radical (unpaired) electrons. The average Bonchev–Trinajstić information content (AvgIpc) is 3.14. The average molecular weight is 344 g/mol. The van der Waals surface area contributed by atoms with E-state index in [0.29, 0.717) is 12.8 Å². The molecule has 1 aromatic heterocycles. The molecule has 2 atom stereocenters. The van der Waals surface area contributed by atoms with E-state index in [-0.39, 0.29) is 30.3 Å². The number of amides is 1. The Morgan fingerprint density at radius 2 is 2.09 bits per heavy atom. The van der Waals surface area contributed by atoms with Crippen molar-refractivity contribution in [1.82, 2.24) is 9.88 Å². The number of aromatic nitrogens is 1. The normalized spacial score (nSPS) is 27.3. The second-order valence-electron chi connectivity index (χ2n) is 6.21. The molecule has 23 heavy (non-hydrogen) atoms. The van der Waals surface area contributed by atoms with Crippen LogP contribution in [0, 0.1) is 5.92 Å². The summed E-state index contributed by atoms with van der Waals surface area (Å²) < 4.78 is 51.5. The van der Waals surface area contributed by atoms with Gasteiger partial charge in [0.05, 0.1) is 11.8 Å². The minimum absolute atomic E-state index is 0.00537. The lowest BCUT2D eigenvalue weighted by atomic mass is 10.1. The summed E-state index contributed by atoms with van der Waals surface area (Å²) >= 11 is 0. The number of hydrogen-bond donors (Lipinski definition) is 0. The maximum atomic E-state index is 13.2. The maximum absolute atomic E-state index is 13.2. The zero-order chi connectivity index (χ0) is 16.7. The van der Waals surface area contributed by atoms with Gasteiger partial charge in [0.2, 0.25) is 5.91 Å². The van der Waals surface area contributed by atoms with Crippen LogP contribution in [0.1, 0.15) is 25.7 Å². The number of halogens is 2. The molecule has 2 heterocycles. The predicted octanol–water partition coefficient (Wildman–Crippen LogP) is 1.89. The number of hydrogen-bond acceptors (Lipinski definition) is 4. The van der Waals surface area contributed by atoms with Crippen LogP contribution in [0.25, 0.3) is 0 Å². The van der Waals surface area contributed by atoms with Crippen LogP contribution in [0.15, 0.2) is 29.4 Å². The second-order valence-corrected chi connectivity index (χ2v) is 8.39. The first-order valence-electron chi connectivity index (χ1n) is 7.61. The van der Waals surface area contributed by atoms with Gasteiger partial charge in [0, 0.05) is 25.1 Å². The molecule has 1 aromatic rings. The Bertz CT molecular complexity index is 694. The van der Waals surface area contributed by atoms with E-state index in [2.05, 4.69) is 4.98 Å². The topological polar surface area (TPSA) is 67.3 Å². The number of sulfone groups is 1. The lowest BCUT2D eigenvalue weighted by Crippen LogP contribution is -2.35. The van der Waals surface area contributed by atoms with E-state index in [1.807, 2.05) is 0 Å². The van der Waals surface area contributed by atoms with Gasteiger partial charge in [-0.25, -0.2) is 22.2 Å². The van der Waals surface area contributed by atoms with Crippen LogP contribution in [0.4, 0.5) is 8.78 Å². The quantitative estimate of drug-likeness (QED) is 0.840. The zero-order valence-corrected chi connectivity index (χ0v) is 13.3. The Morgan fingerprint density at radius 3 is 2.70 bits per heavy atom. The molecule has 1 aliphatic heterocycles. The van der Waals surface area contributed by atoms with Crippen LogP contribution in [-0.4, -0.2) is 48.5 Å². The van der Waals surface area contributed by atoms with Crippen molar-refractivity contribution in [3.8, 4) is 0 Å². The van der Waals surface area contributed by atoms with E-state index >= 15 is 0 Å². The number of nitrogens with zero attached hydrogens (tertiary/aromatic N) is 2. The first kappa shape index (κ1) is 16.3. The standard InChI is InChI=1S/C15H18F2N2O3S/c16-15(17)6-8-19(10-15)14(20)11-4-5-12(9-11)23(21,22)13-3-1-2-7-18-13/h1-3,7,11-12H,4-6,8-10H2/t11-,12-/m1/s1. The molecule has 1 aliphatic carbocycles. The van der Waals surface area contributed by atoms with Gasteiger partial charge in [-0.15, -0.1) is 0 Å². The van der Waals surface area contributed by atoms with Crippen LogP contribution in [0.5, 0.6) is 0 Å². The Hall–Kier alpha value is -1.57. The molecule has 1 amide bonds. The van der Waals surface area contributed by atoms with Gasteiger partial charge in [0.25, 0.3) is 5.92 Å². The van der Waals surface area contributed by atoms with Crippen molar-refractivity contribution in [2.45, 2.75) is 41.9 Å². The summed E-state index contributed by atoms with van der Waals surface area (Å²) in [4.78, 5) is 17.4. The fourth-order valence-corrected chi connectivity index (χ4v) is 5.06. The lowest BCUT2D eigenvalue weighted by Gasteiger charge is -2.20. The minimum atomic E-state index is -3.58. The Labute approximate surface area is 133 Å². The van der Waals surface area contributed by atoms with Crippen molar-refractivity contribution < 1.29 is 22.0 Å². The van der Waals surface area contributed by atoms with Gasteiger partial charge in [-0.1, -0.05) is 6.07 Å². The number of likely N-dealkylation sites (tertiary alicyclic amines) is 1. The highest BCUT2D eigenvalue weighted by Crippen LogP contribution is 2.36. The first-order chi connectivity index (χ1) is 10.8. The Kier molecular flexibility index (Phi) is 4.12. The van der Waals surface area contributed by atoms with Crippen molar-refractivity contribution in [2.24, 2.45) is 5.92 Å². The number of alkyl halides is 2. The third-order valence-corrected chi connectivity index (χ3v) is 6.71.